The highest BCUT2D eigenvalue weighted by molar-refractivity contribution is 6.29. The fraction of sp³-hybridized carbons (Fsp3) is 0.231. The molecule has 2 rings (SSSR count). The number of ether oxygens (including phenoxy) is 1. The number of hydrogen-bond acceptors (Lipinski definition) is 3. The van der Waals surface area contributed by atoms with Gasteiger partial charge < -0.3 is 4.74 Å². The molecule has 0 aliphatic heterocycles. The molecule has 0 atom stereocenters. The third kappa shape index (κ3) is 3.43. The lowest BCUT2D eigenvalue weighted by atomic mass is 10.1. The van der Waals surface area contributed by atoms with E-state index < -0.39 is 0 Å². The van der Waals surface area contributed by atoms with Crippen LogP contribution in [0.25, 0.3) is 0 Å². The Labute approximate surface area is 105 Å². The third-order valence-corrected chi connectivity index (χ3v) is 2.45. The van der Waals surface area contributed by atoms with E-state index in [4.69, 9.17) is 16.3 Å². The second-order valence-electron chi connectivity index (χ2n) is 3.68. The van der Waals surface area contributed by atoms with Crippen LogP contribution in [0.1, 0.15) is 18.9 Å². The van der Waals surface area contributed by atoms with E-state index in [0.29, 0.717) is 11.0 Å². The molecule has 1 heterocycles. The van der Waals surface area contributed by atoms with Crippen molar-refractivity contribution in [3.8, 4) is 11.6 Å². The van der Waals surface area contributed by atoms with Crippen LogP contribution in [0.3, 0.4) is 0 Å². The standard InChI is InChI=1S/C13H13ClN2O/c1-2-3-10-4-6-11(7-5-10)17-13-9-15-8-12(14)16-13/h4-9H,2-3H2,1H3. The molecule has 17 heavy (non-hydrogen) atoms. The summed E-state index contributed by atoms with van der Waals surface area (Å²) < 4.78 is 5.53. The molecule has 1 aromatic heterocycles. The van der Waals surface area contributed by atoms with Crippen LogP contribution in [-0.4, -0.2) is 9.97 Å². The van der Waals surface area contributed by atoms with Crippen LogP contribution >= 0.6 is 11.6 Å². The Morgan fingerprint density at radius 3 is 2.59 bits per heavy atom. The Morgan fingerprint density at radius 1 is 1.18 bits per heavy atom. The highest BCUT2D eigenvalue weighted by Crippen LogP contribution is 2.20. The van der Waals surface area contributed by atoms with E-state index in [1.54, 1.807) is 0 Å². The maximum Gasteiger partial charge on any atom is 0.239 e. The van der Waals surface area contributed by atoms with Crippen LogP contribution in [-0.2, 0) is 6.42 Å². The maximum absolute atomic E-state index is 5.72. The second-order valence-corrected chi connectivity index (χ2v) is 4.06. The lowest BCUT2D eigenvalue weighted by Crippen LogP contribution is -1.90. The van der Waals surface area contributed by atoms with Crippen molar-refractivity contribution in [3.63, 3.8) is 0 Å². The topological polar surface area (TPSA) is 35.0 Å². The molecule has 1 aromatic carbocycles. The van der Waals surface area contributed by atoms with Gasteiger partial charge in [0.15, 0.2) is 5.15 Å². The van der Waals surface area contributed by atoms with E-state index in [-0.39, 0.29) is 0 Å². The number of aromatic nitrogens is 2. The summed E-state index contributed by atoms with van der Waals surface area (Å²) in [6.45, 7) is 2.16. The van der Waals surface area contributed by atoms with Crippen LogP contribution in [0, 0.1) is 0 Å². The highest BCUT2D eigenvalue weighted by atomic mass is 35.5. The van der Waals surface area contributed by atoms with Crippen molar-refractivity contribution in [2.24, 2.45) is 0 Å². The molecule has 4 heteroatoms. The van der Waals surface area contributed by atoms with Gasteiger partial charge in [0.2, 0.25) is 5.88 Å². The second kappa shape index (κ2) is 5.64. The zero-order chi connectivity index (χ0) is 12.1. The van der Waals surface area contributed by atoms with E-state index in [2.05, 4.69) is 29.0 Å². The molecule has 0 bridgehead atoms. The van der Waals surface area contributed by atoms with Gasteiger partial charge in [0.25, 0.3) is 0 Å². The van der Waals surface area contributed by atoms with E-state index in [0.717, 1.165) is 18.6 Å². The average molecular weight is 249 g/mol. The molecule has 0 radical (unpaired) electrons. The van der Waals surface area contributed by atoms with Crippen molar-refractivity contribution in [3.05, 3.63) is 47.4 Å². The molecule has 0 unspecified atom stereocenters. The van der Waals surface area contributed by atoms with Crippen LogP contribution in [0.5, 0.6) is 11.6 Å². The molecule has 0 spiro atoms. The summed E-state index contributed by atoms with van der Waals surface area (Å²) in [5.41, 5.74) is 1.30. The predicted molar refractivity (Wildman–Crippen MR) is 67.6 cm³/mol. The van der Waals surface area contributed by atoms with Crippen molar-refractivity contribution >= 4 is 11.6 Å². The van der Waals surface area contributed by atoms with Crippen LogP contribution in [0.15, 0.2) is 36.7 Å². The summed E-state index contributed by atoms with van der Waals surface area (Å²) >= 11 is 5.72. The largest absolute Gasteiger partial charge is 0.437 e. The maximum atomic E-state index is 5.72. The van der Waals surface area contributed by atoms with E-state index in [1.807, 2.05) is 12.1 Å². The molecule has 2 aromatic rings. The zero-order valence-corrected chi connectivity index (χ0v) is 10.3. The van der Waals surface area contributed by atoms with Gasteiger partial charge in [-0.2, -0.15) is 4.98 Å². The zero-order valence-electron chi connectivity index (χ0n) is 9.56. The van der Waals surface area contributed by atoms with Crippen molar-refractivity contribution in [2.75, 3.05) is 0 Å². The molecule has 0 aliphatic rings. The summed E-state index contributed by atoms with van der Waals surface area (Å²) in [5.74, 6) is 1.14. The minimum Gasteiger partial charge on any atom is -0.437 e. The number of halogens is 1. The predicted octanol–water partition coefficient (Wildman–Crippen LogP) is 3.87. The fourth-order valence-corrected chi connectivity index (χ4v) is 1.65. The first kappa shape index (κ1) is 11.9. The molecule has 0 amide bonds. The monoisotopic (exact) mass is 248 g/mol. The fourth-order valence-electron chi connectivity index (χ4n) is 1.51. The van der Waals surface area contributed by atoms with Gasteiger partial charge in [0, 0.05) is 0 Å². The summed E-state index contributed by atoms with van der Waals surface area (Å²) in [4.78, 5) is 7.92. The van der Waals surface area contributed by atoms with E-state index >= 15 is 0 Å². The van der Waals surface area contributed by atoms with Gasteiger partial charge in [-0.25, -0.2) is 0 Å². The number of aryl methyl sites for hydroxylation is 1. The summed E-state index contributed by atoms with van der Waals surface area (Å²) in [7, 11) is 0. The van der Waals surface area contributed by atoms with Crippen molar-refractivity contribution < 1.29 is 4.74 Å². The van der Waals surface area contributed by atoms with Crippen molar-refractivity contribution in [1.29, 1.82) is 0 Å². The van der Waals surface area contributed by atoms with Gasteiger partial charge in [-0.3, -0.25) is 4.98 Å². The Balaban J connectivity index is 2.08. The van der Waals surface area contributed by atoms with Gasteiger partial charge in [-0.1, -0.05) is 37.1 Å². The number of benzene rings is 1. The first-order chi connectivity index (χ1) is 8.28. The molecule has 0 saturated heterocycles. The molecular weight excluding hydrogens is 236 g/mol. The molecule has 0 fully saturated rings. The normalized spacial score (nSPS) is 10.2. The van der Waals surface area contributed by atoms with Gasteiger partial charge >= 0.3 is 0 Å². The van der Waals surface area contributed by atoms with Gasteiger partial charge in [-0.15, -0.1) is 0 Å². The smallest absolute Gasteiger partial charge is 0.239 e. The molecule has 0 N–H and O–H groups in total. The van der Waals surface area contributed by atoms with Crippen molar-refractivity contribution in [2.45, 2.75) is 19.8 Å². The van der Waals surface area contributed by atoms with Gasteiger partial charge in [0.05, 0.1) is 12.4 Å². The molecule has 3 nitrogen and oxygen atoms in total. The first-order valence-electron chi connectivity index (χ1n) is 5.52. The number of nitrogens with zero attached hydrogens (tertiary/aromatic N) is 2. The summed E-state index contributed by atoms with van der Waals surface area (Å²) in [6.07, 6.45) is 5.22. The molecule has 88 valence electrons. The number of hydrogen-bond donors (Lipinski definition) is 0. The van der Waals surface area contributed by atoms with Crippen LogP contribution < -0.4 is 4.74 Å². The van der Waals surface area contributed by atoms with E-state index in [9.17, 15) is 0 Å². The van der Waals surface area contributed by atoms with Gasteiger partial charge in [0.1, 0.15) is 5.75 Å². The SMILES string of the molecule is CCCc1ccc(Oc2cncc(Cl)n2)cc1. The van der Waals surface area contributed by atoms with Crippen LogP contribution in [0.2, 0.25) is 5.15 Å². The average Bonchev–Trinajstić information content (AvgIpc) is 2.32. The Morgan fingerprint density at radius 2 is 1.94 bits per heavy atom. The molecule has 0 aliphatic carbocycles. The van der Waals surface area contributed by atoms with Crippen molar-refractivity contribution in [1.82, 2.24) is 9.97 Å². The van der Waals surface area contributed by atoms with Gasteiger partial charge in [-0.05, 0) is 24.1 Å². The minimum absolute atomic E-state index is 0.324. The highest BCUT2D eigenvalue weighted by Gasteiger charge is 2.00. The first-order valence-corrected chi connectivity index (χ1v) is 5.90. The number of rotatable bonds is 4. The summed E-state index contributed by atoms with van der Waals surface area (Å²) in [6, 6.07) is 7.95. The Hall–Kier alpha value is -1.61. The summed E-state index contributed by atoms with van der Waals surface area (Å²) in [5, 5.41) is 0.324. The Kier molecular flexibility index (Phi) is 3.94. The third-order valence-electron chi connectivity index (χ3n) is 2.27. The Bertz CT molecular complexity index is 485. The lowest BCUT2D eigenvalue weighted by Gasteiger charge is -2.05. The quantitative estimate of drug-likeness (QED) is 0.824. The van der Waals surface area contributed by atoms with E-state index in [1.165, 1.54) is 18.0 Å². The molecular formula is C13H13ClN2O. The lowest BCUT2D eigenvalue weighted by molar-refractivity contribution is 0.460. The molecule has 0 saturated carbocycles. The minimum atomic E-state index is 0.324. The van der Waals surface area contributed by atoms with Crippen LogP contribution in [0.4, 0.5) is 0 Å².